The Morgan fingerprint density at radius 3 is 2.02 bits per heavy atom. The largest absolute Gasteiger partial charge is 0.479 e. The predicted octanol–water partition coefficient (Wildman–Crippen LogP) is 4.87. The average Bonchev–Trinajstić information content (AvgIpc) is 3.72. The van der Waals surface area contributed by atoms with Crippen LogP contribution < -0.4 is 5.56 Å². The van der Waals surface area contributed by atoms with Gasteiger partial charge in [0, 0.05) is 43.4 Å². The quantitative estimate of drug-likeness (QED) is 0.136. The van der Waals surface area contributed by atoms with Gasteiger partial charge in [0.1, 0.15) is 12.4 Å². The molecule has 1 amide bonds. The van der Waals surface area contributed by atoms with Crippen LogP contribution in [0.15, 0.2) is 71.5 Å². The topological polar surface area (TPSA) is 174 Å². The molecule has 2 aliphatic rings. The molecule has 1 aliphatic carbocycles. The summed E-state index contributed by atoms with van der Waals surface area (Å²) in [4.78, 5) is 55.5. The van der Waals surface area contributed by atoms with Crippen LogP contribution in [0.1, 0.15) is 60.0 Å². The van der Waals surface area contributed by atoms with E-state index in [-0.39, 0.29) is 42.5 Å². The number of aliphatic hydroxyl groups is 2. The molecule has 6 rings (SSSR count). The number of aryl methyl sites for hydroxylation is 2. The van der Waals surface area contributed by atoms with Crippen LogP contribution in [0.3, 0.4) is 0 Å². The number of nitrogens with zero attached hydrogens (tertiary/aromatic N) is 4. The Morgan fingerprint density at radius 1 is 0.864 bits per heavy atom. The molecule has 4 aromatic rings. The van der Waals surface area contributed by atoms with Crippen molar-refractivity contribution in [2.75, 3.05) is 19.6 Å². The Kier molecular flexibility index (Phi) is 14.7. The minimum absolute atomic E-state index is 0.0184. The van der Waals surface area contributed by atoms with E-state index in [1.807, 2.05) is 33.7 Å². The number of fused-ring (bicyclic) bond motifs is 1. The highest BCUT2D eigenvalue weighted by atomic mass is 19.4. The normalized spacial score (nSPS) is 15.5. The van der Waals surface area contributed by atoms with Gasteiger partial charge in [-0.1, -0.05) is 55.5 Å². The first-order valence-corrected chi connectivity index (χ1v) is 19.1. The van der Waals surface area contributed by atoms with Gasteiger partial charge in [0.05, 0.1) is 5.56 Å². The summed E-state index contributed by atoms with van der Waals surface area (Å²) in [6.07, 6.45) is -5.07. The first-order valence-electron chi connectivity index (χ1n) is 19.1. The van der Waals surface area contributed by atoms with Gasteiger partial charge in [-0.3, -0.25) is 9.59 Å². The molecule has 3 aromatic carbocycles. The van der Waals surface area contributed by atoms with E-state index in [9.17, 15) is 41.1 Å². The van der Waals surface area contributed by atoms with Gasteiger partial charge in [-0.2, -0.15) is 18.2 Å². The van der Waals surface area contributed by atoms with E-state index in [1.165, 1.54) is 24.3 Å². The number of halogens is 5. The van der Waals surface area contributed by atoms with Crippen LogP contribution in [0.4, 0.5) is 22.0 Å². The summed E-state index contributed by atoms with van der Waals surface area (Å²) in [6.45, 7) is 5.06. The third-order valence-electron chi connectivity index (χ3n) is 10.7. The Balaban J connectivity index is 0.000000586. The number of amides is 1. The Labute approximate surface area is 336 Å². The molecule has 1 saturated heterocycles. The third kappa shape index (κ3) is 11.2. The van der Waals surface area contributed by atoms with E-state index in [0.29, 0.717) is 36.3 Å². The van der Waals surface area contributed by atoms with Gasteiger partial charge >= 0.3 is 18.1 Å². The van der Waals surface area contributed by atoms with Crippen molar-refractivity contribution in [3.63, 3.8) is 0 Å². The van der Waals surface area contributed by atoms with Crippen molar-refractivity contribution >= 4 is 17.8 Å². The van der Waals surface area contributed by atoms with Crippen molar-refractivity contribution in [1.29, 1.82) is 0 Å². The standard InChI is InChI=1S/C38H39F5N4O2.C4H6O6/c1-2-45-21-19-30(20-22-45)46(23-25-9-11-26(12-10-25)27-13-16-29(17-14-27)38(41,42)43)35(48)24-47-33-8-4-6-31(33)37(49)44-34(47)18-15-28-5-3-7-32(39)36(28)40;5-1(3(7)8)2(6)4(9)10/h3,5,7,9-14,16-17,30H,2,4,6,8,15,18-24H2,1H3;1-2,5-6H,(H,7,8)(H,9,10). The van der Waals surface area contributed by atoms with E-state index >= 15 is 0 Å². The van der Waals surface area contributed by atoms with Gasteiger partial charge in [-0.05, 0) is 85.5 Å². The number of carbonyl (C=O) groups excluding carboxylic acids is 1. The number of aliphatic carboxylic acids is 2. The van der Waals surface area contributed by atoms with E-state index in [4.69, 9.17) is 20.4 Å². The van der Waals surface area contributed by atoms with Crippen molar-refractivity contribution in [3.8, 4) is 11.1 Å². The van der Waals surface area contributed by atoms with Crippen LogP contribution in [0.5, 0.6) is 0 Å². The summed E-state index contributed by atoms with van der Waals surface area (Å²) >= 11 is 0. The number of rotatable bonds is 13. The number of carbonyl (C=O) groups is 3. The number of alkyl halides is 3. The first kappa shape index (κ1) is 44.6. The van der Waals surface area contributed by atoms with Crippen molar-refractivity contribution in [2.24, 2.45) is 0 Å². The van der Waals surface area contributed by atoms with Crippen LogP contribution in [0.25, 0.3) is 11.1 Å². The molecule has 0 bridgehead atoms. The van der Waals surface area contributed by atoms with Crippen LogP contribution in [0, 0.1) is 11.6 Å². The maximum absolute atomic E-state index is 14.5. The van der Waals surface area contributed by atoms with E-state index in [1.54, 1.807) is 0 Å². The number of benzene rings is 3. The number of piperidine rings is 1. The lowest BCUT2D eigenvalue weighted by Crippen LogP contribution is -2.48. The Hall–Kier alpha value is -5.52. The summed E-state index contributed by atoms with van der Waals surface area (Å²) < 4.78 is 69.4. The summed E-state index contributed by atoms with van der Waals surface area (Å²) in [6, 6.07) is 16.5. The minimum Gasteiger partial charge on any atom is -0.479 e. The summed E-state index contributed by atoms with van der Waals surface area (Å²) in [5, 5.41) is 32.5. The number of hydrogen-bond donors (Lipinski definition) is 4. The van der Waals surface area contributed by atoms with Gasteiger partial charge in [-0.25, -0.2) is 18.4 Å². The predicted molar refractivity (Wildman–Crippen MR) is 204 cm³/mol. The molecule has 17 heteroatoms. The highest BCUT2D eigenvalue weighted by molar-refractivity contribution is 5.83. The molecule has 2 atom stereocenters. The van der Waals surface area contributed by atoms with Crippen LogP contribution in [0.2, 0.25) is 0 Å². The molecule has 59 heavy (non-hydrogen) atoms. The maximum Gasteiger partial charge on any atom is 0.416 e. The van der Waals surface area contributed by atoms with Crippen LogP contribution >= 0.6 is 0 Å². The van der Waals surface area contributed by atoms with Crippen molar-refractivity contribution < 1.29 is 56.8 Å². The van der Waals surface area contributed by atoms with Gasteiger partial charge in [-0.15, -0.1) is 0 Å². The number of aromatic nitrogens is 2. The molecule has 316 valence electrons. The molecule has 1 aromatic heterocycles. The fourth-order valence-corrected chi connectivity index (χ4v) is 7.34. The highest BCUT2D eigenvalue weighted by Gasteiger charge is 2.32. The van der Waals surface area contributed by atoms with E-state index in [0.717, 1.165) is 73.9 Å². The van der Waals surface area contributed by atoms with Crippen molar-refractivity contribution in [2.45, 2.75) is 89.4 Å². The molecular weight excluding hydrogens is 783 g/mol. The zero-order valence-corrected chi connectivity index (χ0v) is 32.2. The van der Waals surface area contributed by atoms with Gasteiger partial charge in [0.2, 0.25) is 5.91 Å². The summed E-state index contributed by atoms with van der Waals surface area (Å²) in [5.41, 5.74) is 2.83. The smallest absolute Gasteiger partial charge is 0.416 e. The molecule has 1 fully saturated rings. The first-order chi connectivity index (χ1) is 28.0. The fourth-order valence-electron chi connectivity index (χ4n) is 7.34. The molecule has 4 N–H and O–H groups in total. The molecule has 0 radical (unpaired) electrons. The van der Waals surface area contributed by atoms with Gasteiger partial charge in [0.25, 0.3) is 5.56 Å². The Bertz CT molecular complexity index is 2150. The second-order valence-corrected chi connectivity index (χ2v) is 14.4. The van der Waals surface area contributed by atoms with Crippen molar-refractivity contribution in [1.82, 2.24) is 19.4 Å². The van der Waals surface area contributed by atoms with E-state index in [2.05, 4.69) is 16.8 Å². The zero-order valence-electron chi connectivity index (χ0n) is 32.2. The molecule has 12 nitrogen and oxygen atoms in total. The number of carboxylic acids is 2. The molecule has 0 spiro atoms. The maximum atomic E-state index is 14.5. The van der Waals surface area contributed by atoms with Crippen molar-refractivity contribution in [3.05, 3.63) is 122 Å². The molecule has 1 aliphatic heterocycles. The second-order valence-electron chi connectivity index (χ2n) is 14.4. The molecule has 2 heterocycles. The fraction of sp³-hybridized carbons (Fsp3) is 0.405. The summed E-state index contributed by atoms with van der Waals surface area (Å²) in [7, 11) is 0. The molecule has 2 unspecified atom stereocenters. The lowest BCUT2D eigenvalue weighted by Gasteiger charge is -2.38. The lowest BCUT2D eigenvalue weighted by atomic mass is 10.00. The second kappa shape index (κ2) is 19.5. The molecular formula is C42H45F5N4O8. The highest BCUT2D eigenvalue weighted by Crippen LogP contribution is 2.31. The third-order valence-corrected chi connectivity index (χ3v) is 10.7. The van der Waals surface area contributed by atoms with Gasteiger partial charge in [0.15, 0.2) is 23.8 Å². The molecule has 0 saturated carbocycles. The number of carboxylic acid groups (broad SMARTS) is 2. The SMILES string of the molecule is CCN1CCC(N(Cc2ccc(-c3ccc(C(F)(F)F)cc3)cc2)C(=O)Cn2c(CCc3cccc(F)c3F)nc(=O)c3c2CCC3)CC1.O=C(O)C(O)C(O)C(=O)O. The number of likely N-dealkylation sites (tertiary alicyclic amines) is 1. The van der Waals surface area contributed by atoms with Crippen LogP contribution in [-0.4, -0.2) is 95.5 Å². The zero-order chi connectivity index (χ0) is 43.0. The number of hydrogen-bond acceptors (Lipinski definition) is 8. The lowest BCUT2D eigenvalue weighted by molar-refractivity contribution is -0.165. The summed E-state index contributed by atoms with van der Waals surface area (Å²) in [5.74, 6) is -5.15. The van der Waals surface area contributed by atoms with E-state index < -0.39 is 47.5 Å². The van der Waals surface area contributed by atoms with Gasteiger partial charge < -0.3 is 34.8 Å². The number of aliphatic hydroxyl groups excluding tert-OH is 2. The van der Waals surface area contributed by atoms with Crippen LogP contribution in [-0.2, 0) is 59.3 Å². The monoisotopic (exact) mass is 828 g/mol. The minimum atomic E-state index is -4.41. The Morgan fingerprint density at radius 2 is 1.46 bits per heavy atom. The average molecular weight is 829 g/mol.